The van der Waals surface area contributed by atoms with E-state index in [4.69, 9.17) is 23.2 Å². The van der Waals surface area contributed by atoms with Gasteiger partial charge in [0.25, 0.3) is 0 Å². The van der Waals surface area contributed by atoms with Crippen molar-refractivity contribution in [2.75, 3.05) is 11.1 Å². The molecule has 0 atom stereocenters. The summed E-state index contributed by atoms with van der Waals surface area (Å²) >= 11 is 13.4. The fourth-order valence-electron chi connectivity index (χ4n) is 3.07. The van der Waals surface area contributed by atoms with Gasteiger partial charge in [-0.3, -0.25) is 9.36 Å². The Bertz CT molecular complexity index is 1230. The van der Waals surface area contributed by atoms with Gasteiger partial charge in [-0.1, -0.05) is 83.5 Å². The summed E-state index contributed by atoms with van der Waals surface area (Å²) in [5.74, 6) is -0.251. The van der Waals surface area contributed by atoms with Crippen LogP contribution in [0.3, 0.4) is 0 Å². The fourth-order valence-corrected chi connectivity index (χ4v) is 4.30. The second kappa shape index (κ2) is 10.2. The Hall–Kier alpha value is -2.87. The Morgan fingerprint density at radius 2 is 1.62 bits per heavy atom. The summed E-state index contributed by atoms with van der Waals surface area (Å²) in [6, 6.07) is 21.1. The van der Waals surface area contributed by atoms with Crippen molar-refractivity contribution >= 4 is 46.6 Å². The molecule has 0 radical (unpaired) electrons. The van der Waals surface area contributed by atoms with Gasteiger partial charge in [-0.15, -0.1) is 10.2 Å². The average Bonchev–Trinajstić information content (AvgIpc) is 3.18. The molecule has 0 aliphatic carbocycles. The molecule has 32 heavy (non-hydrogen) atoms. The predicted molar refractivity (Wildman–Crippen MR) is 127 cm³/mol. The second-order valence-corrected chi connectivity index (χ2v) is 8.55. The van der Waals surface area contributed by atoms with Crippen LogP contribution in [0, 0.1) is 5.82 Å². The highest BCUT2D eigenvalue weighted by Gasteiger charge is 2.19. The van der Waals surface area contributed by atoms with E-state index in [1.54, 1.807) is 41.0 Å². The van der Waals surface area contributed by atoms with Crippen LogP contribution in [0.4, 0.5) is 10.1 Å². The SMILES string of the molecule is O=C(CSc1nnc(-c2ccccc2F)n1Cc1ccccc1)Nc1c(Cl)cccc1Cl. The molecule has 3 aromatic carbocycles. The molecular formula is C23H17Cl2FN4OS. The van der Waals surface area contributed by atoms with Crippen molar-refractivity contribution in [3.05, 3.63) is 94.2 Å². The van der Waals surface area contributed by atoms with E-state index in [0.717, 1.165) is 5.56 Å². The Morgan fingerprint density at radius 1 is 0.938 bits per heavy atom. The van der Waals surface area contributed by atoms with Crippen molar-refractivity contribution in [3.63, 3.8) is 0 Å². The van der Waals surface area contributed by atoms with Crippen LogP contribution in [0.5, 0.6) is 0 Å². The summed E-state index contributed by atoms with van der Waals surface area (Å²) < 4.78 is 16.3. The van der Waals surface area contributed by atoms with E-state index in [1.165, 1.54) is 17.8 Å². The summed E-state index contributed by atoms with van der Waals surface area (Å²) in [4.78, 5) is 12.5. The van der Waals surface area contributed by atoms with Crippen LogP contribution in [-0.2, 0) is 11.3 Å². The number of rotatable bonds is 7. The van der Waals surface area contributed by atoms with Gasteiger partial charge in [0, 0.05) is 0 Å². The molecule has 1 aromatic heterocycles. The minimum atomic E-state index is -0.392. The van der Waals surface area contributed by atoms with Gasteiger partial charge in [-0.2, -0.15) is 0 Å². The largest absolute Gasteiger partial charge is 0.323 e. The minimum absolute atomic E-state index is 0.0474. The normalized spacial score (nSPS) is 10.8. The van der Waals surface area contributed by atoms with Crippen LogP contribution in [0.15, 0.2) is 78.0 Å². The Labute approximate surface area is 198 Å². The lowest BCUT2D eigenvalue weighted by molar-refractivity contribution is -0.113. The topological polar surface area (TPSA) is 59.8 Å². The van der Waals surface area contributed by atoms with E-state index >= 15 is 0 Å². The molecule has 1 amide bonds. The third-order valence-electron chi connectivity index (χ3n) is 4.57. The monoisotopic (exact) mass is 486 g/mol. The number of nitrogens with one attached hydrogen (secondary N) is 1. The summed E-state index contributed by atoms with van der Waals surface area (Å²) in [5, 5.41) is 12.4. The molecule has 162 valence electrons. The van der Waals surface area contributed by atoms with Crippen molar-refractivity contribution in [1.29, 1.82) is 0 Å². The van der Waals surface area contributed by atoms with Crippen LogP contribution < -0.4 is 5.32 Å². The van der Waals surface area contributed by atoms with Gasteiger partial charge < -0.3 is 5.32 Å². The molecule has 1 N–H and O–H groups in total. The molecule has 0 bridgehead atoms. The minimum Gasteiger partial charge on any atom is -0.323 e. The number of para-hydroxylation sites is 1. The number of amides is 1. The predicted octanol–water partition coefficient (Wildman–Crippen LogP) is 6.17. The first-order valence-electron chi connectivity index (χ1n) is 9.61. The molecule has 5 nitrogen and oxygen atoms in total. The smallest absolute Gasteiger partial charge is 0.234 e. The zero-order valence-electron chi connectivity index (χ0n) is 16.6. The van der Waals surface area contributed by atoms with Crippen LogP contribution >= 0.6 is 35.0 Å². The molecule has 9 heteroatoms. The molecule has 0 aliphatic rings. The van der Waals surface area contributed by atoms with Crippen molar-refractivity contribution in [1.82, 2.24) is 14.8 Å². The maximum absolute atomic E-state index is 14.5. The third-order valence-corrected chi connectivity index (χ3v) is 6.17. The summed E-state index contributed by atoms with van der Waals surface area (Å²) in [7, 11) is 0. The summed E-state index contributed by atoms with van der Waals surface area (Å²) in [6.07, 6.45) is 0. The molecule has 0 unspecified atom stereocenters. The van der Waals surface area contributed by atoms with Crippen molar-refractivity contribution < 1.29 is 9.18 Å². The van der Waals surface area contributed by atoms with Crippen molar-refractivity contribution in [2.24, 2.45) is 0 Å². The lowest BCUT2D eigenvalue weighted by atomic mass is 10.2. The Morgan fingerprint density at radius 3 is 2.34 bits per heavy atom. The lowest BCUT2D eigenvalue weighted by Crippen LogP contribution is -2.15. The van der Waals surface area contributed by atoms with E-state index in [1.807, 2.05) is 30.3 Å². The number of carbonyl (C=O) groups excluding carboxylic acids is 1. The van der Waals surface area contributed by atoms with Crippen LogP contribution in [0.25, 0.3) is 11.4 Å². The van der Waals surface area contributed by atoms with Gasteiger partial charge in [-0.25, -0.2) is 4.39 Å². The standard InChI is InChI=1S/C23H17Cl2FN4OS/c24-17-10-6-11-18(25)21(17)27-20(31)14-32-23-29-28-22(16-9-4-5-12-19(16)26)30(23)13-15-7-2-1-3-8-15/h1-12H,13-14H2,(H,27,31). The Balaban J connectivity index is 1.58. The van der Waals surface area contributed by atoms with Crippen molar-refractivity contribution in [2.45, 2.75) is 11.7 Å². The number of halogens is 3. The van der Waals surface area contributed by atoms with Crippen molar-refractivity contribution in [3.8, 4) is 11.4 Å². The summed E-state index contributed by atoms with van der Waals surface area (Å²) in [6.45, 7) is 0.428. The number of thioether (sulfide) groups is 1. The van der Waals surface area contributed by atoms with E-state index < -0.39 is 5.82 Å². The molecule has 1 heterocycles. The molecule has 0 aliphatic heterocycles. The molecule has 4 rings (SSSR count). The molecule has 0 saturated carbocycles. The average molecular weight is 487 g/mol. The zero-order valence-corrected chi connectivity index (χ0v) is 19.0. The molecule has 0 fully saturated rings. The maximum atomic E-state index is 14.5. The quantitative estimate of drug-likeness (QED) is 0.317. The lowest BCUT2D eigenvalue weighted by Gasteiger charge is -2.12. The van der Waals surface area contributed by atoms with Gasteiger partial charge in [-0.05, 0) is 29.8 Å². The van der Waals surface area contributed by atoms with Gasteiger partial charge in [0.15, 0.2) is 11.0 Å². The van der Waals surface area contributed by atoms with E-state index in [2.05, 4.69) is 15.5 Å². The summed E-state index contributed by atoms with van der Waals surface area (Å²) in [5.41, 5.74) is 1.70. The van der Waals surface area contributed by atoms with E-state index in [9.17, 15) is 9.18 Å². The molecule has 4 aromatic rings. The second-order valence-electron chi connectivity index (χ2n) is 6.79. The maximum Gasteiger partial charge on any atom is 0.234 e. The number of anilines is 1. The highest BCUT2D eigenvalue weighted by molar-refractivity contribution is 7.99. The highest BCUT2D eigenvalue weighted by atomic mass is 35.5. The number of carbonyl (C=O) groups is 1. The fraction of sp³-hybridized carbons (Fsp3) is 0.0870. The van der Waals surface area contributed by atoms with Gasteiger partial charge in [0.05, 0.1) is 33.6 Å². The van der Waals surface area contributed by atoms with Crippen LogP contribution in [0.1, 0.15) is 5.56 Å². The molecular weight excluding hydrogens is 470 g/mol. The first-order valence-corrected chi connectivity index (χ1v) is 11.4. The van der Waals surface area contributed by atoms with Crippen LogP contribution in [0.2, 0.25) is 10.0 Å². The van der Waals surface area contributed by atoms with Gasteiger partial charge >= 0.3 is 0 Å². The van der Waals surface area contributed by atoms with Gasteiger partial charge in [0.2, 0.25) is 5.91 Å². The molecule has 0 spiro atoms. The van der Waals surface area contributed by atoms with Gasteiger partial charge in [0.1, 0.15) is 5.82 Å². The van der Waals surface area contributed by atoms with E-state index in [0.29, 0.717) is 38.8 Å². The first-order chi connectivity index (χ1) is 15.5. The Kier molecular flexibility index (Phi) is 7.09. The number of aromatic nitrogens is 3. The number of hydrogen-bond acceptors (Lipinski definition) is 4. The first kappa shape index (κ1) is 22.3. The third kappa shape index (κ3) is 5.12. The zero-order chi connectivity index (χ0) is 22.5. The van der Waals surface area contributed by atoms with Crippen LogP contribution in [-0.4, -0.2) is 26.4 Å². The molecule has 0 saturated heterocycles. The highest BCUT2D eigenvalue weighted by Crippen LogP contribution is 2.31. The van der Waals surface area contributed by atoms with E-state index in [-0.39, 0.29) is 11.7 Å². The number of hydrogen-bond donors (Lipinski definition) is 1. The number of nitrogens with zero attached hydrogens (tertiary/aromatic N) is 3. The number of benzene rings is 3.